The van der Waals surface area contributed by atoms with Crippen molar-refractivity contribution in [2.75, 3.05) is 0 Å². The second-order valence-electron chi connectivity index (χ2n) is 2.39. The zero-order chi connectivity index (χ0) is 10.0. The van der Waals surface area contributed by atoms with Gasteiger partial charge in [-0.3, -0.25) is 13.9 Å². The van der Waals surface area contributed by atoms with Crippen molar-refractivity contribution in [3.8, 4) is 6.07 Å². The van der Waals surface area contributed by atoms with Gasteiger partial charge in [0.25, 0.3) is 5.56 Å². The van der Waals surface area contributed by atoms with Crippen molar-refractivity contribution in [2.24, 2.45) is 7.05 Å². The van der Waals surface area contributed by atoms with Crippen molar-refractivity contribution in [1.29, 1.82) is 5.26 Å². The van der Waals surface area contributed by atoms with Crippen LogP contribution < -0.4 is 11.2 Å². The molecular formula is C8H7N3O2. The molecule has 0 aliphatic heterocycles. The van der Waals surface area contributed by atoms with E-state index in [-0.39, 0.29) is 5.56 Å². The molecule has 5 nitrogen and oxygen atoms in total. The third-order valence-electron chi connectivity index (χ3n) is 1.63. The molecule has 0 aliphatic carbocycles. The van der Waals surface area contributed by atoms with Crippen LogP contribution in [0.15, 0.2) is 22.4 Å². The number of nitriles is 1. The van der Waals surface area contributed by atoms with Gasteiger partial charge in [0.05, 0.1) is 0 Å². The molecule has 0 fully saturated rings. The Bertz CT molecular complexity index is 502. The van der Waals surface area contributed by atoms with Crippen LogP contribution in [0.3, 0.4) is 0 Å². The van der Waals surface area contributed by atoms with Crippen LogP contribution in [0.5, 0.6) is 0 Å². The average Bonchev–Trinajstić information content (AvgIpc) is 2.15. The fourth-order valence-electron chi connectivity index (χ4n) is 0.898. The van der Waals surface area contributed by atoms with Crippen LogP contribution in [-0.4, -0.2) is 9.13 Å². The summed E-state index contributed by atoms with van der Waals surface area (Å²) in [4.78, 5) is 22.4. The summed E-state index contributed by atoms with van der Waals surface area (Å²) in [5.74, 6) is 0. The first-order valence-electron chi connectivity index (χ1n) is 3.46. The van der Waals surface area contributed by atoms with E-state index >= 15 is 0 Å². The van der Waals surface area contributed by atoms with Gasteiger partial charge in [-0.25, -0.2) is 4.79 Å². The van der Waals surface area contributed by atoms with Crippen LogP contribution in [-0.2, 0) is 7.05 Å². The van der Waals surface area contributed by atoms with Crippen LogP contribution in [0.4, 0.5) is 0 Å². The van der Waals surface area contributed by atoms with Gasteiger partial charge in [-0.15, -0.1) is 0 Å². The first-order chi connectivity index (χ1) is 6.11. The lowest BCUT2D eigenvalue weighted by molar-refractivity contribution is 0.738. The molecule has 0 unspecified atom stereocenters. The molecule has 1 rings (SSSR count). The predicted octanol–water partition coefficient (Wildman–Crippen LogP) is -0.481. The second-order valence-corrected chi connectivity index (χ2v) is 2.39. The van der Waals surface area contributed by atoms with Gasteiger partial charge in [-0.1, -0.05) is 6.58 Å². The van der Waals surface area contributed by atoms with Crippen molar-refractivity contribution in [1.82, 2.24) is 9.13 Å². The summed E-state index contributed by atoms with van der Waals surface area (Å²) in [6.07, 6.45) is 2.40. The molecule has 0 saturated carbocycles. The molecule has 1 heterocycles. The molecule has 0 amide bonds. The summed E-state index contributed by atoms with van der Waals surface area (Å²) in [7, 11) is 1.31. The Morgan fingerprint density at radius 3 is 2.69 bits per heavy atom. The molecule has 66 valence electrons. The third-order valence-corrected chi connectivity index (χ3v) is 1.63. The maximum absolute atomic E-state index is 11.2. The summed E-state index contributed by atoms with van der Waals surface area (Å²) >= 11 is 0. The Morgan fingerprint density at radius 1 is 1.62 bits per heavy atom. The molecule has 1 aromatic rings. The van der Waals surface area contributed by atoms with Crippen LogP contribution in [0, 0.1) is 11.3 Å². The highest BCUT2D eigenvalue weighted by molar-refractivity contribution is 5.27. The lowest BCUT2D eigenvalue weighted by Gasteiger charge is -2.01. The number of hydrogen-bond acceptors (Lipinski definition) is 3. The maximum Gasteiger partial charge on any atom is 0.334 e. The monoisotopic (exact) mass is 177 g/mol. The highest BCUT2D eigenvalue weighted by Gasteiger charge is 2.05. The molecule has 0 aliphatic rings. The van der Waals surface area contributed by atoms with Crippen molar-refractivity contribution in [3.05, 3.63) is 39.2 Å². The minimum atomic E-state index is -0.592. The van der Waals surface area contributed by atoms with Gasteiger partial charge in [0.15, 0.2) is 0 Å². The number of aromatic nitrogens is 2. The molecule has 0 bridgehead atoms. The first-order valence-corrected chi connectivity index (χ1v) is 3.46. The van der Waals surface area contributed by atoms with E-state index in [9.17, 15) is 9.59 Å². The Labute approximate surface area is 73.8 Å². The van der Waals surface area contributed by atoms with Crippen LogP contribution >= 0.6 is 0 Å². The molecule has 0 N–H and O–H groups in total. The highest BCUT2D eigenvalue weighted by Crippen LogP contribution is 1.85. The normalized spacial score (nSPS) is 9.23. The van der Waals surface area contributed by atoms with E-state index in [0.717, 1.165) is 15.3 Å². The molecule has 0 spiro atoms. The Hall–Kier alpha value is -2.09. The largest absolute Gasteiger partial charge is 0.334 e. The summed E-state index contributed by atoms with van der Waals surface area (Å²) < 4.78 is 1.94. The quantitative estimate of drug-likeness (QED) is 0.581. The summed E-state index contributed by atoms with van der Waals surface area (Å²) in [6.45, 7) is 3.38. The molecule has 0 radical (unpaired) electrons. The van der Waals surface area contributed by atoms with Crippen molar-refractivity contribution >= 4 is 6.20 Å². The van der Waals surface area contributed by atoms with Gasteiger partial charge in [-0.05, 0) is 0 Å². The Morgan fingerprint density at radius 2 is 2.23 bits per heavy atom. The molecule has 13 heavy (non-hydrogen) atoms. The van der Waals surface area contributed by atoms with Crippen molar-refractivity contribution in [2.45, 2.75) is 0 Å². The molecular weight excluding hydrogens is 170 g/mol. The maximum atomic E-state index is 11.2. The summed E-state index contributed by atoms with van der Waals surface area (Å²) in [6, 6.07) is 1.70. The molecule has 5 heteroatoms. The smallest absolute Gasteiger partial charge is 0.275 e. The van der Waals surface area contributed by atoms with Gasteiger partial charge in [0.2, 0.25) is 0 Å². The third kappa shape index (κ3) is 1.29. The van der Waals surface area contributed by atoms with E-state index in [1.54, 1.807) is 6.07 Å². The average molecular weight is 177 g/mol. The first kappa shape index (κ1) is 9.00. The number of nitrogens with zero attached hydrogens (tertiary/aromatic N) is 3. The van der Waals surface area contributed by atoms with Crippen LogP contribution in [0.25, 0.3) is 6.20 Å². The van der Waals surface area contributed by atoms with E-state index in [2.05, 4.69) is 6.58 Å². The van der Waals surface area contributed by atoms with Crippen molar-refractivity contribution in [3.63, 3.8) is 0 Å². The van der Waals surface area contributed by atoms with E-state index in [1.165, 1.54) is 13.2 Å². The van der Waals surface area contributed by atoms with Crippen LogP contribution in [0.1, 0.15) is 5.56 Å². The van der Waals surface area contributed by atoms with Gasteiger partial charge in [-0.2, -0.15) is 5.26 Å². The van der Waals surface area contributed by atoms with E-state index in [0.29, 0.717) is 0 Å². The van der Waals surface area contributed by atoms with Gasteiger partial charge in [0.1, 0.15) is 11.6 Å². The van der Waals surface area contributed by atoms with E-state index < -0.39 is 11.2 Å². The number of rotatable bonds is 1. The van der Waals surface area contributed by atoms with E-state index in [1.807, 2.05) is 0 Å². The molecule has 0 saturated heterocycles. The zero-order valence-electron chi connectivity index (χ0n) is 7.02. The van der Waals surface area contributed by atoms with Gasteiger partial charge in [0, 0.05) is 19.4 Å². The molecule has 0 aromatic carbocycles. The van der Waals surface area contributed by atoms with E-state index in [4.69, 9.17) is 5.26 Å². The fraction of sp³-hybridized carbons (Fsp3) is 0.125. The summed E-state index contributed by atoms with van der Waals surface area (Å²) in [5.41, 5.74) is -1.19. The minimum Gasteiger partial charge on any atom is -0.275 e. The Kier molecular flexibility index (Phi) is 2.15. The zero-order valence-corrected chi connectivity index (χ0v) is 7.02. The lowest BCUT2D eigenvalue weighted by atomic mass is 10.4. The second kappa shape index (κ2) is 3.11. The van der Waals surface area contributed by atoms with Crippen LogP contribution in [0.2, 0.25) is 0 Å². The fourth-order valence-corrected chi connectivity index (χ4v) is 0.898. The van der Waals surface area contributed by atoms with Crippen molar-refractivity contribution < 1.29 is 0 Å². The predicted molar refractivity (Wildman–Crippen MR) is 47.0 cm³/mol. The standard InChI is InChI=1S/C8H7N3O2/c1-3-11-5-6(4-9)7(12)10(2)8(11)13/h3,5H,1H2,2H3. The topological polar surface area (TPSA) is 67.8 Å². The van der Waals surface area contributed by atoms with Gasteiger partial charge >= 0.3 is 5.69 Å². The van der Waals surface area contributed by atoms with Gasteiger partial charge < -0.3 is 0 Å². The SMILES string of the molecule is C=Cn1cc(C#N)c(=O)n(C)c1=O. The molecule has 1 aromatic heterocycles. The lowest BCUT2D eigenvalue weighted by Crippen LogP contribution is -2.37. The summed E-state index contributed by atoms with van der Waals surface area (Å²) in [5, 5.41) is 8.54. The highest BCUT2D eigenvalue weighted by atomic mass is 16.2. The molecule has 0 atom stereocenters. The number of hydrogen-bond donors (Lipinski definition) is 0. The Balaban J connectivity index is 3.78. The minimum absolute atomic E-state index is 0.0815.